The van der Waals surface area contributed by atoms with E-state index in [9.17, 15) is 4.79 Å². The molecule has 1 amide bonds. The van der Waals surface area contributed by atoms with Gasteiger partial charge in [0.05, 0.1) is 6.54 Å². The Morgan fingerprint density at radius 2 is 2.29 bits per heavy atom. The first kappa shape index (κ1) is 16.8. The van der Waals surface area contributed by atoms with E-state index < -0.39 is 0 Å². The number of aryl methyl sites for hydroxylation is 2. The minimum absolute atomic E-state index is 0.0102. The summed E-state index contributed by atoms with van der Waals surface area (Å²) in [5, 5.41) is 4.07. The number of nitrogens with zero attached hydrogens (tertiary/aromatic N) is 4. The van der Waals surface area contributed by atoms with Gasteiger partial charge in [0.1, 0.15) is 11.6 Å². The van der Waals surface area contributed by atoms with Crippen LogP contribution < -0.4 is 11.1 Å². The summed E-state index contributed by atoms with van der Waals surface area (Å²) in [6, 6.07) is 1.91. The van der Waals surface area contributed by atoms with E-state index in [0.717, 1.165) is 46.7 Å². The number of thiazole rings is 1. The van der Waals surface area contributed by atoms with Crippen molar-refractivity contribution in [3.8, 4) is 0 Å². The van der Waals surface area contributed by atoms with Crippen molar-refractivity contribution in [3.63, 3.8) is 0 Å². The minimum Gasteiger partial charge on any atom is -0.341 e. The van der Waals surface area contributed by atoms with Crippen LogP contribution in [0.4, 0.5) is 10.9 Å². The molecule has 0 aliphatic carbocycles. The summed E-state index contributed by atoms with van der Waals surface area (Å²) in [6.45, 7) is 5.42. The van der Waals surface area contributed by atoms with Gasteiger partial charge in [-0.2, -0.15) is 0 Å². The molecule has 0 radical (unpaired) electrons. The topological polar surface area (TPSA) is 97.0 Å². The number of piperidine rings is 1. The van der Waals surface area contributed by atoms with Crippen molar-refractivity contribution in [1.82, 2.24) is 19.9 Å². The summed E-state index contributed by atoms with van der Waals surface area (Å²) < 4.78 is 0. The van der Waals surface area contributed by atoms with Crippen molar-refractivity contribution >= 4 is 28.2 Å². The fourth-order valence-corrected chi connectivity index (χ4v) is 3.58. The smallest absolute Gasteiger partial charge is 0.236 e. The van der Waals surface area contributed by atoms with Gasteiger partial charge >= 0.3 is 0 Å². The molecule has 7 nitrogen and oxygen atoms in total. The molecule has 1 aliphatic heterocycles. The maximum atomic E-state index is 11.9. The highest BCUT2D eigenvalue weighted by Crippen LogP contribution is 2.27. The van der Waals surface area contributed by atoms with Crippen LogP contribution in [0.3, 0.4) is 0 Å². The predicted molar refractivity (Wildman–Crippen MR) is 94.5 cm³/mol. The normalized spacial score (nSPS) is 17.8. The number of carbonyl (C=O) groups is 1. The van der Waals surface area contributed by atoms with Crippen molar-refractivity contribution in [2.45, 2.75) is 32.6 Å². The van der Waals surface area contributed by atoms with E-state index in [-0.39, 0.29) is 18.4 Å². The Bertz CT molecular complexity index is 731. The fourth-order valence-electron chi connectivity index (χ4n) is 2.90. The molecule has 3 heterocycles. The van der Waals surface area contributed by atoms with Gasteiger partial charge in [0.15, 0.2) is 5.13 Å². The first-order valence-electron chi connectivity index (χ1n) is 8.08. The van der Waals surface area contributed by atoms with Crippen molar-refractivity contribution < 1.29 is 4.79 Å². The molecule has 0 saturated carbocycles. The van der Waals surface area contributed by atoms with Gasteiger partial charge in [-0.1, -0.05) is 0 Å². The molecule has 3 rings (SSSR count). The molecule has 128 valence electrons. The summed E-state index contributed by atoms with van der Waals surface area (Å²) in [4.78, 5) is 28.4. The van der Waals surface area contributed by atoms with E-state index in [2.05, 4.69) is 20.3 Å². The van der Waals surface area contributed by atoms with E-state index in [1.165, 1.54) is 0 Å². The van der Waals surface area contributed by atoms with Crippen LogP contribution in [-0.4, -0.2) is 45.4 Å². The molecule has 0 bridgehead atoms. The Morgan fingerprint density at radius 3 is 3.00 bits per heavy atom. The molecule has 24 heavy (non-hydrogen) atoms. The van der Waals surface area contributed by atoms with Crippen LogP contribution in [0.15, 0.2) is 12.3 Å². The Kier molecular flexibility index (Phi) is 5.06. The van der Waals surface area contributed by atoms with Crippen LogP contribution in [0.2, 0.25) is 0 Å². The largest absolute Gasteiger partial charge is 0.341 e. The van der Waals surface area contributed by atoms with Gasteiger partial charge in [0, 0.05) is 41.8 Å². The zero-order valence-electron chi connectivity index (χ0n) is 14.0. The molecular weight excluding hydrogens is 324 g/mol. The summed E-state index contributed by atoms with van der Waals surface area (Å²) in [5.41, 5.74) is 6.39. The third kappa shape index (κ3) is 3.88. The molecular formula is C16H22N6OS. The molecule has 0 aromatic carbocycles. The Labute approximate surface area is 145 Å². The molecule has 1 aliphatic rings. The molecule has 1 unspecified atom stereocenters. The second kappa shape index (κ2) is 7.23. The van der Waals surface area contributed by atoms with Crippen LogP contribution in [0.25, 0.3) is 0 Å². The lowest BCUT2D eigenvalue weighted by Crippen LogP contribution is -2.42. The number of likely N-dealkylation sites (tertiary alicyclic amines) is 1. The molecule has 3 N–H and O–H groups in total. The van der Waals surface area contributed by atoms with Crippen molar-refractivity contribution in [3.05, 3.63) is 28.7 Å². The predicted octanol–water partition coefficient (Wildman–Crippen LogP) is 1.96. The monoisotopic (exact) mass is 346 g/mol. The average Bonchev–Trinajstić information content (AvgIpc) is 2.98. The van der Waals surface area contributed by atoms with E-state index in [4.69, 9.17) is 5.73 Å². The van der Waals surface area contributed by atoms with Gasteiger partial charge in [-0.05, 0) is 26.7 Å². The lowest BCUT2D eigenvalue weighted by Gasteiger charge is -2.32. The molecule has 1 atom stereocenters. The third-order valence-corrected chi connectivity index (χ3v) is 4.87. The number of aromatic nitrogens is 3. The number of carbonyl (C=O) groups excluding carboxylic acids is 1. The van der Waals surface area contributed by atoms with Crippen molar-refractivity contribution in [2.24, 2.45) is 5.73 Å². The minimum atomic E-state index is -0.0102. The van der Waals surface area contributed by atoms with Gasteiger partial charge in [-0.25, -0.2) is 15.0 Å². The molecule has 8 heteroatoms. The second-order valence-corrected chi connectivity index (χ2v) is 7.27. The number of hydrogen-bond donors (Lipinski definition) is 2. The zero-order chi connectivity index (χ0) is 17.1. The highest BCUT2D eigenvalue weighted by molar-refractivity contribution is 7.15. The Balaban J connectivity index is 1.79. The summed E-state index contributed by atoms with van der Waals surface area (Å²) in [5.74, 6) is 1.66. The summed E-state index contributed by atoms with van der Waals surface area (Å²) in [7, 11) is 0. The first-order chi connectivity index (χ1) is 11.5. The number of nitrogens with one attached hydrogen (secondary N) is 1. The maximum absolute atomic E-state index is 11.9. The van der Waals surface area contributed by atoms with Crippen LogP contribution in [0.1, 0.15) is 35.2 Å². The Morgan fingerprint density at radius 1 is 1.46 bits per heavy atom. The van der Waals surface area contributed by atoms with E-state index in [1.54, 1.807) is 11.3 Å². The summed E-state index contributed by atoms with van der Waals surface area (Å²) in [6.07, 6.45) is 3.76. The molecule has 1 saturated heterocycles. The van der Waals surface area contributed by atoms with Crippen molar-refractivity contribution in [2.75, 3.05) is 25.0 Å². The van der Waals surface area contributed by atoms with E-state index in [1.807, 2.05) is 31.0 Å². The average molecular weight is 346 g/mol. The first-order valence-corrected chi connectivity index (χ1v) is 8.89. The van der Waals surface area contributed by atoms with Crippen LogP contribution in [0, 0.1) is 13.8 Å². The molecule has 0 spiro atoms. The third-order valence-electron chi connectivity index (χ3n) is 4.04. The van der Waals surface area contributed by atoms with Gasteiger partial charge in [0.25, 0.3) is 0 Å². The zero-order valence-corrected chi connectivity index (χ0v) is 14.8. The highest BCUT2D eigenvalue weighted by atomic mass is 32.1. The maximum Gasteiger partial charge on any atom is 0.236 e. The Hall–Kier alpha value is -2.06. The number of nitrogens with two attached hydrogens (primary N) is 1. The molecule has 2 aromatic heterocycles. The van der Waals surface area contributed by atoms with Crippen LogP contribution >= 0.6 is 11.3 Å². The van der Waals surface area contributed by atoms with Crippen LogP contribution in [0.5, 0.6) is 0 Å². The van der Waals surface area contributed by atoms with Gasteiger partial charge in [-0.15, -0.1) is 11.3 Å². The molecule has 2 aromatic rings. The van der Waals surface area contributed by atoms with Crippen LogP contribution in [-0.2, 0) is 4.79 Å². The fraction of sp³-hybridized carbons (Fsp3) is 0.500. The van der Waals surface area contributed by atoms with E-state index >= 15 is 0 Å². The summed E-state index contributed by atoms with van der Waals surface area (Å²) >= 11 is 1.59. The lowest BCUT2D eigenvalue weighted by molar-refractivity contribution is -0.130. The second-order valence-electron chi connectivity index (χ2n) is 6.04. The van der Waals surface area contributed by atoms with Gasteiger partial charge in [0.2, 0.25) is 5.91 Å². The number of hydrogen-bond acceptors (Lipinski definition) is 7. The van der Waals surface area contributed by atoms with Crippen molar-refractivity contribution in [1.29, 1.82) is 0 Å². The van der Waals surface area contributed by atoms with Gasteiger partial charge < -0.3 is 16.0 Å². The number of rotatable bonds is 4. The van der Waals surface area contributed by atoms with Gasteiger partial charge in [-0.3, -0.25) is 4.79 Å². The SMILES string of the molecule is Cc1cc(Nc2ncc(C)s2)nc(C2CCCN(C(=O)CN)C2)n1. The highest BCUT2D eigenvalue weighted by Gasteiger charge is 2.26. The van der Waals surface area contributed by atoms with E-state index in [0.29, 0.717) is 6.54 Å². The number of anilines is 2. The lowest BCUT2D eigenvalue weighted by atomic mass is 9.97. The quantitative estimate of drug-likeness (QED) is 0.878. The molecule has 1 fully saturated rings. The standard InChI is InChI=1S/C16H22N6OS/c1-10-6-13(21-16-18-8-11(2)24-16)20-15(19-10)12-4-3-5-22(9-12)14(23)7-17/h6,8,12H,3-5,7,9,17H2,1-2H3,(H,18,19,20,21). The number of amides is 1.